The van der Waals surface area contributed by atoms with Gasteiger partial charge in [-0.2, -0.15) is 0 Å². The Kier molecular flexibility index (Phi) is 5.32. The van der Waals surface area contributed by atoms with Crippen LogP contribution in [0.25, 0.3) is 0 Å². The first-order chi connectivity index (χ1) is 12.0. The van der Waals surface area contributed by atoms with Crippen molar-refractivity contribution in [3.05, 3.63) is 29.8 Å². The highest BCUT2D eigenvalue weighted by Gasteiger charge is 2.29. The zero-order chi connectivity index (χ0) is 17.8. The summed E-state index contributed by atoms with van der Waals surface area (Å²) in [6.45, 7) is 2.04. The van der Waals surface area contributed by atoms with Gasteiger partial charge in [-0.05, 0) is 60.4 Å². The molecule has 1 unspecified atom stereocenters. The summed E-state index contributed by atoms with van der Waals surface area (Å²) in [4.78, 5) is 24.1. The standard InChI is InChI=1S/C16H20N6O2S/c1-10(11-3-4-11)17-15(24)12-5-7-13(8-6-12)18-14(23)9-25-16-19-20-21-22(16)2/h5-8,10-11H,3-4,9H2,1-2H3,(H,17,24)(H,18,23). The van der Waals surface area contributed by atoms with Gasteiger partial charge in [0.25, 0.3) is 5.91 Å². The van der Waals surface area contributed by atoms with Crippen molar-refractivity contribution in [3.8, 4) is 0 Å². The molecule has 2 N–H and O–H groups in total. The molecule has 1 saturated carbocycles. The Morgan fingerprint density at radius 3 is 2.64 bits per heavy atom. The first kappa shape index (κ1) is 17.4. The van der Waals surface area contributed by atoms with Crippen LogP contribution in [-0.4, -0.2) is 43.8 Å². The summed E-state index contributed by atoms with van der Waals surface area (Å²) in [6, 6.07) is 7.08. The third-order valence-electron chi connectivity index (χ3n) is 4.03. The van der Waals surface area contributed by atoms with E-state index in [9.17, 15) is 9.59 Å². The third-order valence-corrected chi connectivity index (χ3v) is 5.04. The molecule has 0 saturated heterocycles. The minimum atomic E-state index is -0.160. The van der Waals surface area contributed by atoms with Crippen molar-refractivity contribution < 1.29 is 9.59 Å². The van der Waals surface area contributed by atoms with Crippen LogP contribution in [0.1, 0.15) is 30.1 Å². The van der Waals surface area contributed by atoms with Crippen molar-refractivity contribution in [3.63, 3.8) is 0 Å². The highest BCUT2D eigenvalue weighted by atomic mass is 32.2. The molecule has 0 bridgehead atoms. The largest absolute Gasteiger partial charge is 0.349 e. The molecule has 0 aliphatic heterocycles. The molecule has 8 nitrogen and oxygen atoms in total. The number of carbonyl (C=O) groups is 2. The number of anilines is 1. The van der Waals surface area contributed by atoms with Gasteiger partial charge >= 0.3 is 0 Å². The lowest BCUT2D eigenvalue weighted by Gasteiger charge is -2.13. The predicted molar refractivity (Wildman–Crippen MR) is 94.2 cm³/mol. The molecule has 0 spiro atoms. The molecule has 0 radical (unpaired) electrons. The fourth-order valence-corrected chi connectivity index (χ4v) is 3.03. The van der Waals surface area contributed by atoms with Crippen LogP contribution in [-0.2, 0) is 11.8 Å². The van der Waals surface area contributed by atoms with E-state index < -0.39 is 0 Å². The van der Waals surface area contributed by atoms with E-state index in [0.717, 1.165) is 0 Å². The summed E-state index contributed by atoms with van der Waals surface area (Å²) in [6.07, 6.45) is 2.38. The van der Waals surface area contributed by atoms with Gasteiger partial charge in [-0.1, -0.05) is 11.8 Å². The zero-order valence-corrected chi connectivity index (χ0v) is 14.9. The topological polar surface area (TPSA) is 102 Å². The second kappa shape index (κ2) is 7.64. The Hall–Kier alpha value is -2.42. The van der Waals surface area contributed by atoms with Crippen molar-refractivity contribution in [1.82, 2.24) is 25.5 Å². The maximum atomic E-state index is 12.2. The normalized spacial score (nSPS) is 14.8. The second-order valence-electron chi connectivity index (χ2n) is 6.10. The summed E-state index contributed by atoms with van der Waals surface area (Å²) in [7, 11) is 1.72. The average molecular weight is 360 g/mol. The van der Waals surface area contributed by atoms with Gasteiger partial charge in [0.05, 0.1) is 5.75 Å². The Morgan fingerprint density at radius 2 is 2.04 bits per heavy atom. The van der Waals surface area contributed by atoms with Gasteiger partial charge in [0, 0.05) is 24.3 Å². The lowest BCUT2D eigenvalue weighted by atomic mass is 10.1. The number of nitrogens with zero attached hydrogens (tertiary/aromatic N) is 4. The number of nitrogens with one attached hydrogen (secondary N) is 2. The van der Waals surface area contributed by atoms with Gasteiger partial charge in [0.2, 0.25) is 11.1 Å². The van der Waals surface area contributed by atoms with E-state index >= 15 is 0 Å². The van der Waals surface area contributed by atoms with Crippen LogP contribution < -0.4 is 10.6 Å². The number of hydrogen-bond acceptors (Lipinski definition) is 6. The lowest BCUT2D eigenvalue weighted by Crippen LogP contribution is -2.33. The van der Waals surface area contributed by atoms with E-state index in [4.69, 9.17) is 0 Å². The van der Waals surface area contributed by atoms with Crippen LogP contribution in [0, 0.1) is 5.92 Å². The van der Waals surface area contributed by atoms with Gasteiger partial charge < -0.3 is 10.6 Å². The zero-order valence-electron chi connectivity index (χ0n) is 14.1. The highest BCUT2D eigenvalue weighted by Crippen LogP contribution is 2.32. The average Bonchev–Trinajstić information content (AvgIpc) is 3.36. The Balaban J connectivity index is 1.48. The van der Waals surface area contributed by atoms with Crippen molar-refractivity contribution in [2.45, 2.75) is 31.0 Å². The Labute approximate surface area is 149 Å². The number of benzene rings is 1. The number of thioether (sulfide) groups is 1. The third kappa shape index (κ3) is 4.79. The van der Waals surface area contributed by atoms with E-state index in [2.05, 4.69) is 26.2 Å². The molecule has 2 aromatic rings. The molecule has 1 atom stereocenters. The summed E-state index contributed by atoms with van der Waals surface area (Å²) in [5.41, 5.74) is 1.23. The number of tetrazole rings is 1. The lowest BCUT2D eigenvalue weighted by molar-refractivity contribution is -0.113. The Morgan fingerprint density at radius 1 is 1.32 bits per heavy atom. The van der Waals surface area contributed by atoms with E-state index in [1.807, 2.05) is 6.92 Å². The molecule has 1 fully saturated rings. The van der Waals surface area contributed by atoms with E-state index in [0.29, 0.717) is 22.3 Å². The number of hydrogen-bond donors (Lipinski definition) is 2. The summed E-state index contributed by atoms with van der Waals surface area (Å²) in [5, 5.41) is 17.4. The van der Waals surface area contributed by atoms with Crippen molar-refractivity contribution in [1.29, 1.82) is 0 Å². The second-order valence-corrected chi connectivity index (χ2v) is 7.04. The molecule has 25 heavy (non-hydrogen) atoms. The number of amides is 2. The number of carbonyl (C=O) groups excluding carboxylic acids is 2. The minimum absolute atomic E-state index is 0.0809. The quantitative estimate of drug-likeness (QED) is 0.725. The van der Waals surface area contributed by atoms with Gasteiger partial charge in [-0.25, -0.2) is 4.68 Å². The van der Waals surface area contributed by atoms with E-state index in [-0.39, 0.29) is 23.6 Å². The SMILES string of the molecule is CC(NC(=O)c1ccc(NC(=O)CSc2nnnn2C)cc1)C1CC1. The number of aryl methyl sites for hydroxylation is 1. The summed E-state index contributed by atoms with van der Waals surface area (Å²) >= 11 is 1.26. The fourth-order valence-electron chi connectivity index (χ4n) is 2.38. The van der Waals surface area contributed by atoms with E-state index in [1.165, 1.54) is 29.3 Å². The molecule has 1 aliphatic carbocycles. The first-order valence-corrected chi connectivity index (χ1v) is 9.07. The van der Waals surface area contributed by atoms with Crippen LogP contribution in [0.3, 0.4) is 0 Å². The van der Waals surface area contributed by atoms with Crippen LogP contribution in [0.5, 0.6) is 0 Å². The van der Waals surface area contributed by atoms with Crippen LogP contribution in [0.15, 0.2) is 29.4 Å². The van der Waals surface area contributed by atoms with Crippen molar-refractivity contribution in [2.24, 2.45) is 13.0 Å². The van der Waals surface area contributed by atoms with Gasteiger partial charge in [0.1, 0.15) is 0 Å². The highest BCUT2D eigenvalue weighted by molar-refractivity contribution is 7.99. The molecule has 3 rings (SSSR count). The fraction of sp³-hybridized carbons (Fsp3) is 0.438. The number of rotatable bonds is 7. The van der Waals surface area contributed by atoms with Gasteiger partial charge in [0.15, 0.2) is 0 Å². The summed E-state index contributed by atoms with van der Waals surface area (Å²) in [5.74, 6) is 0.578. The molecular formula is C16H20N6O2S. The molecule has 1 heterocycles. The predicted octanol–water partition coefficient (Wildman–Crippen LogP) is 1.47. The van der Waals surface area contributed by atoms with Crippen LogP contribution >= 0.6 is 11.8 Å². The first-order valence-electron chi connectivity index (χ1n) is 8.09. The number of aromatic nitrogens is 4. The molecule has 1 aromatic carbocycles. The van der Waals surface area contributed by atoms with Crippen LogP contribution in [0.4, 0.5) is 5.69 Å². The Bertz CT molecular complexity index is 756. The van der Waals surface area contributed by atoms with Crippen LogP contribution in [0.2, 0.25) is 0 Å². The minimum Gasteiger partial charge on any atom is -0.349 e. The molecule has 9 heteroatoms. The smallest absolute Gasteiger partial charge is 0.251 e. The summed E-state index contributed by atoms with van der Waals surface area (Å²) < 4.78 is 1.51. The molecular weight excluding hydrogens is 340 g/mol. The van der Waals surface area contributed by atoms with Gasteiger partial charge in [-0.3, -0.25) is 9.59 Å². The van der Waals surface area contributed by atoms with Gasteiger partial charge in [-0.15, -0.1) is 5.10 Å². The molecule has 1 aromatic heterocycles. The molecule has 1 aliphatic rings. The van der Waals surface area contributed by atoms with Crippen molar-refractivity contribution >= 4 is 29.3 Å². The maximum absolute atomic E-state index is 12.2. The monoisotopic (exact) mass is 360 g/mol. The molecule has 132 valence electrons. The molecule has 2 amide bonds. The van der Waals surface area contributed by atoms with Crippen molar-refractivity contribution in [2.75, 3.05) is 11.1 Å². The maximum Gasteiger partial charge on any atom is 0.251 e. The van der Waals surface area contributed by atoms with E-state index in [1.54, 1.807) is 31.3 Å².